The van der Waals surface area contributed by atoms with Crippen LogP contribution in [0.2, 0.25) is 0 Å². The van der Waals surface area contributed by atoms with Crippen molar-refractivity contribution in [2.75, 3.05) is 16.8 Å². The molecule has 0 aliphatic heterocycles. The number of hydrogen-bond acceptors (Lipinski definition) is 10. The number of amides is 2. The number of hydrogen-bond donors (Lipinski definition) is 1. The molecule has 272 valence electrons. The van der Waals surface area contributed by atoms with Gasteiger partial charge in [0.25, 0.3) is 0 Å². The van der Waals surface area contributed by atoms with Crippen molar-refractivity contribution in [3.05, 3.63) is 89.6 Å². The van der Waals surface area contributed by atoms with Crippen LogP contribution in [0, 0.1) is 6.92 Å². The summed E-state index contributed by atoms with van der Waals surface area (Å²) in [5.74, 6) is 0.604. The number of rotatable bonds is 11. The molecule has 0 aliphatic carbocycles. The first-order chi connectivity index (χ1) is 24.0. The average Bonchev–Trinajstić information content (AvgIpc) is 3.03. The molecule has 4 rings (SSSR count). The lowest BCUT2D eigenvalue weighted by atomic mass is 10.0. The van der Waals surface area contributed by atoms with Gasteiger partial charge in [-0.25, -0.2) is 19.4 Å². The third kappa shape index (κ3) is 10.6. The Balaban J connectivity index is 1.78. The van der Waals surface area contributed by atoms with Crippen molar-refractivity contribution in [3.63, 3.8) is 0 Å². The highest BCUT2D eigenvalue weighted by Gasteiger charge is 2.35. The van der Waals surface area contributed by atoms with Crippen LogP contribution in [0.3, 0.4) is 0 Å². The van der Waals surface area contributed by atoms with Gasteiger partial charge in [-0.15, -0.1) is 0 Å². The minimum absolute atomic E-state index is 0.0477. The number of fused-ring (bicyclic) bond motifs is 1. The number of carbonyl (C=O) groups is 3. The molecule has 51 heavy (non-hydrogen) atoms. The van der Waals surface area contributed by atoms with Crippen LogP contribution in [0.25, 0.3) is 10.8 Å². The molecule has 11 heteroatoms. The molecule has 1 heterocycles. The fourth-order valence-electron chi connectivity index (χ4n) is 5.07. The number of imide groups is 1. The Morgan fingerprint density at radius 1 is 0.824 bits per heavy atom. The highest BCUT2D eigenvalue weighted by atomic mass is 16.6. The maximum Gasteiger partial charge on any atom is 0.425 e. The summed E-state index contributed by atoms with van der Waals surface area (Å²) in [5.41, 5.74) is 1.01. The second-order valence-corrected chi connectivity index (χ2v) is 14.3. The molecular formula is C40H49N3O8. The SMILES string of the molecule is CCOc1cc(C(Nc2ccc3c(N(C(=O)OC(C)(C)C)C(=O)OC(C)(C)C)ncc(C)c3c2)C(=O)OCc2ccccc2)ccc1OC(C)C. The Kier molecular flexibility index (Phi) is 12.2. The van der Waals surface area contributed by atoms with Crippen LogP contribution in [0.1, 0.15) is 85.0 Å². The summed E-state index contributed by atoms with van der Waals surface area (Å²) in [4.78, 5) is 46.0. The van der Waals surface area contributed by atoms with Crippen molar-refractivity contribution in [2.45, 2.75) is 99.2 Å². The van der Waals surface area contributed by atoms with E-state index in [0.717, 1.165) is 16.0 Å². The fourth-order valence-corrected chi connectivity index (χ4v) is 5.07. The van der Waals surface area contributed by atoms with Crippen LogP contribution in [0.5, 0.6) is 11.5 Å². The summed E-state index contributed by atoms with van der Waals surface area (Å²) < 4.78 is 28.9. The predicted octanol–water partition coefficient (Wildman–Crippen LogP) is 9.30. The van der Waals surface area contributed by atoms with Crippen LogP contribution in [-0.4, -0.2) is 47.1 Å². The second kappa shape index (κ2) is 16.1. The molecule has 0 radical (unpaired) electrons. The zero-order chi connectivity index (χ0) is 37.5. The highest BCUT2D eigenvalue weighted by molar-refractivity contribution is 6.14. The Bertz CT molecular complexity index is 1820. The van der Waals surface area contributed by atoms with Gasteiger partial charge in [0.05, 0.1) is 12.7 Å². The summed E-state index contributed by atoms with van der Waals surface area (Å²) in [6.07, 6.45) is -0.362. The summed E-state index contributed by atoms with van der Waals surface area (Å²) in [6.45, 7) is 18.3. The van der Waals surface area contributed by atoms with Gasteiger partial charge in [-0.05, 0) is 122 Å². The lowest BCUT2D eigenvalue weighted by Crippen LogP contribution is -2.44. The number of aryl methyl sites for hydroxylation is 1. The number of esters is 1. The zero-order valence-electron chi connectivity index (χ0n) is 31.2. The van der Waals surface area contributed by atoms with Crippen molar-refractivity contribution >= 4 is 40.4 Å². The number of anilines is 2. The minimum Gasteiger partial charge on any atom is -0.490 e. The Morgan fingerprint density at radius 3 is 2.06 bits per heavy atom. The molecule has 2 amide bonds. The van der Waals surface area contributed by atoms with E-state index < -0.39 is 35.4 Å². The lowest BCUT2D eigenvalue weighted by molar-refractivity contribution is -0.146. The number of ether oxygens (including phenoxy) is 5. The van der Waals surface area contributed by atoms with Crippen LogP contribution in [-0.2, 0) is 25.6 Å². The summed E-state index contributed by atoms with van der Waals surface area (Å²) in [7, 11) is 0. The highest BCUT2D eigenvalue weighted by Crippen LogP contribution is 2.36. The quantitative estimate of drug-likeness (QED) is 0.120. The van der Waals surface area contributed by atoms with E-state index in [1.165, 1.54) is 0 Å². The van der Waals surface area contributed by atoms with E-state index in [1.807, 2.05) is 64.1 Å². The monoisotopic (exact) mass is 699 g/mol. The maximum atomic E-state index is 13.8. The molecule has 1 N–H and O–H groups in total. The van der Waals surface area contributed by atoms with Crippen LogP contribution in [0.15, 0.2) is 72.9 Å². The molecule has 0 fully saturated rings. The number of benzene rings is 3. The van der Waals surface area contributed by atoms with Gasteiger partial charge >= 0.3 is 18.2 Å². The molecular weight excluding hydrogens is 650 g/mol. The van der Waals surface area contributed by atoms with Gasteiger partial charge < -0.3 is 29.0 Å². The van der Waals surface area contributed by atoms with Gasteiger partial charge in [-0.2, -0.15) is 4.90 Å². The van der Waals surface area contributed by atoms with E-state index in [0.29, 0.717) is 40.1 Å². The predicted molar refractivity (Wildman–Crippen MR) is 197 cm³/mol. The number of nitrogens with one attached hydrogen (secondary N) is 1. The van der Waals surface area contributed by atoms with Crippen molar-refractivity contribution < 1.29 is 38.1 Å². The summed E-state index contributed by atoms with van der Waals surface area (Å²) in [5, 5.41) is 4.52. The number of pyridine rings is 1. The van der Waals surface area contributed by atoms with Gasteiger partial charge in [0.2, 0.25) is 0 Å². The molecule has 0 saturated carbocycles. The molecule has 1 aromatic heterocycles. The Hall–Kier alpha value is -5.32. The van der Waals surface area contributed by atoms with E-state index in [2.05, 4.69) is 10.3 Å². The number of aromatic nitrogens is 1. The first kappa shape index (κ1) is 38.5. The normalized spacial score (nSPS) is 12.2. The van der Waals surface area contributed by atoms with E-state index in [-0.39, 0.29) is 18.5 Å². The average molecular weight is 700 g/mol. The van der Waals surface area contributed by atoms with E-state index in [9.17, 15) is 14.4 Å². The third-order valence-electron chi connectivity index (χ3n) is 7.16. The summed E-state index contributed by atoms with van der Waals surface area (Å²) in [6, 6.07) is 19.1. The van der Waals surface area contributed by atoms with E-state index in [4.69, 9.17) is 23.7 Å². The van der Waals surface area contributed by atoms with Gasteiger partial charge in [0.1, 0.15) is 17.8 Å². The van der Waals surface area contributed by atoms with Crippen LogP contribution >= 0.6 is 0 Å². The van der Waals surface area contributed by atoms with Gasteiger partial charge in [-0.1, -0.05) is 36.4 Å². The lowest BCUT2D eigenvalue weighted by Gasteiger charge is -2.28. The molecule has 0 bridgehead atoms. The minimum atomic E-state index is -0.944. The molecule has 0 aliphatic rings. The number of nitrogens with zero attached hydrogens (tertiary/aromatic N) is 2. The Labute approximate surface area is 300 Å². The van der Waals surface area contributed by atoms with Gasteiger partial charge in [-0.3, -0.25) is 0 Å². The third-order valence-corrected chi connectivity index (χ3v) is 7.16. The largest absolute Gasteiger partial charge is 0.490 e. The molecule has 1 unspecified atom stereocenters. The first-order valence-electron chi connectivity index (χ1n) is 17.0. The molecule has 11 nitrogen and oxygen atoms in total. The zero-order valence-corrected chi connectivity index (χ0v) is 31.2. The van der Waals surface area contributed by atoms with Gasteiger partial charge in [0, 0.05) is 17.3 Å². The molecule has 4 aromatic rings. The van der Waals surface area contributed by atoms with E-state index >= 15 is 0 Å². The first-order valence-corrected chi connectivity index (χ1v) is 17.0. The van der Waals surface area contributed by atoms with E-state index in [1.54, 1.807) is 78.1 Å². The molecule has 3 aromatic carbocycles. The molecule has 0 saturated heterocycles. The van der Waals surface area contributed by atoms with Gasteiger partial charge in [0.15, 0.2) is 23.4 Å². The smallest absolute Gasteiger partial charge is 0.425 e. The standard InChI is InChI=1S/C40H49N3O8/c1-11-47-33-21-28(17-20-32(33)49-25(2)3)34(36(44)48-24-27-15-13-12-14-16-27)42-29-18-19-30-31(22-29)26(4)23-41-35(30)43(37(45)50-39(5,6)7)38(46)51-40(8,9)10/h12-23,25,34,42H,11,24H2,1-10H3. The summed E-state index contributed by atoms with van der Waals surface area (Å²) >= 11 is 0. The van der Waals surface area contributed by atoms with Crippen LogP contribution < -0.4 is 19.7 Å². The van der Waals surface area contributed by atoms with Crippen molar-refractivity contribution in [1.29, 1.82) is 0 Å². The van der Waals surface area contributed by atoms with Crippen molar-refractivity contribution in [3.8, 4) is 11.5 Å². The molecule has 1 atom stereocenters. The van der Waals surface area contributed by atoms with Crippen molar-refractivity contribution in [2.24, 2.45) is 0 Å². The second-order valence-electron chi connectivity index (χ2n) is 14.3. The Morgan fingerprint density at radius 2 is 1.47 bits per heavy atom. The molecule has 0 spiro atoms. The van der Waals surface area contributed by atoms with Crippen LogP contribution in [0.4, 0.5) is 21.1 Å². The van der Waals surface area contributed by atoms with Crippen molar-refractivity contribution in [1.82, 2.24) is 4.98 Å². The fraction of sp³-hybridized carbons (Fsp3) is 0.400. The topological polar surface area (TPSA) is 126 Å². The number of carbonyl (C=O) groups excluding carboxylic acids is 3. The maximum absolute atomic E-state index is 13.8.